The van der Waals surface area contributed by atoms with Gasteiger partial charge >= 0.3 is 0 Å². The highest BCUT2D eigenvalue weighted by Crippen LogP contribution is 2.46. The van der Waals surface area contributed by atoms with Crippen molar-refractivity contribution in [2.24, 2.45) is 5.92 Å². The maximum atomic E-state index is 12.8. The van der Waals surface area contributed by atoms with Gasteiger partial charge in [-0.05, 0) is 24.3 Å². The molecule has 4 rings (SSSR count). The average molecular weight is 430 g/mol. The van der Waals surface area contributed by atoms with Gasteiger partial charge in [-0.3, -0.25) is 4.79 Å². The van der Waals surface area contributed by atoms with Crippen LogP contribution in [0.4, 0.5) is 0 Å². The number of aromatic hydroxyl groups is 3. The van der Waals surface area contributed by atoms with Crippen molar-refractivity contribution in [2.45, 2.75) is 31.3 Å². The molecule has 0 saturated carbocycles. The SMILES string of the molecule is CC1C(c2c(O)cc3oc(-c4ccc(O)cc4)cc(=O)c3c2O)OC(CO)C(O)C1O. The zero-order valence-corrected chi connectivity index (χ0v) is 16.5. The maximum absolute atomic E-state index is 12.8. The van der Waals surface area contributed by atoms with E-state index in [0.29, 0.717) is 5.56 Å². The summed E-state index contributed by atoms with van der Waals surface area (Å²) in [5, 5.41) is 60.5. The van der Waals surface area contributed by atoms with Crippen LogP contribution in [0.3, 0.4) is 0 Å². The molecule has 9 nitrogen and oxygen atoms in total. The van der Waals surface area contributed by atoms with Crippen molar-refractivity contribution < 1.29 is 39.8 Å². The predicted octanol–water partition coefficient (Wildman–Crippen LogP) is 1.37. The monoisotopic (exact) mass is 430 g/mol. The first kappa shape index (κ1) is 21.1. The van der Waals surface area contributed by atoms with Crippen LogP contribution in [0.25, 0.3) is 22.3 Å². The summed E-state index contributed by atoms with van der Waals surface area (Å²) < 4.78 is 11.3. The third-order valence-electron chi connectivity index (χ3n) is 5.70. The lowest BCUT2D eigenvalue weighted by atomic mass is 9.84. The smallest absolute Gasteiger partial charge is 0.197 e. The Morgan fingerprint density at radius 2 is 1.68 bits per heavy atom. The second kappa shape index (κ2) is 7.86. The molecule has 5 unspecified atom stereocenters. The van der Waals surface area contributed by atoms with Gasteiger partial charge in [0.05, 0.1) is 24.4 Å². The van der Waals surface area contributed by atoms with Gasteiger partial charge in [0, 0.05) is 23.6 Å². The summed E-state index contributed by atoms with van der Waals surface area (Å²) in [5.41, 5.74) is -0.288. The Hall–Kier alpha value is -3.11. The number of fused-ring (bicyclic) bond motifs is 1. The molecule has 1 aliphatic heterocycles. The van der Waals surface area contributed by atoms with E-state index in [0.717, 1.165) is 6.07 Å². The second-order valence-electron chi connectivity index (χ2n) is 7.67. The first-order valence-electron chi connectivity index (χ1n) is 9.67. The van der Waals surface area contributed by atoms with Gasteiger partial charge in [0.2, 0.25) is 0 Å². The highest BCUT2D eigenvalue weighted by atomic mass is 16.5. The molecule has 1 saturated heterocycles. The van der Waals surface area contributed by atoms with Crippen molar-refractivity contribution in [1.29, 1.82) is 0 Å². The van der Waals surface area contributed by atoms with Crippen molar-refractivity contribution in [3.8, 4) is 28.6 Å². The first-order chi connectivity index (χ1) is 14.7. The largest absolute Gasteiger partial charge is 0.508 e. The summed E-state index contributed by atoms with van der Waals surface area (Å²) >= 11 is 0. The summed E-state index contributed by atoms with van der Waals surface area (Å²) in [5.74, 6) is -1.56. The van der Waals surface area contributed by atoms with Crippen molar-refractivity contribution in [2.75, 3.05) is 6.61 Å². The maximum Gasteiger partial charge on any atom is 0.197 e. The molecule has 6 N–H and O–H groups in total. The van der Waals surface area contributed by atoms with Gasteiger partial charge in [-0.15, -0.1) is 0 Å². The number of hydrogen-bond acceptors (Lipinski definition) is 9. The molecule has 2 aromatic carbocycles. The molecular weight excluding hydrogens is 408 g/mol. The summed E-state index contributed by atoms with van der Waals surface area (Å²) in [7, 11) is 0. The van der Waals surface area contributed by atoms with E-state index in [2.05, 4.69) is 0 Å². The molecule has 0 amide bonds. The lowest BCUT2D eigenvalue weighted by molar-refractivity contribution is -0.208. The molecule has 2 heterocycles. The Kier molecular flexibility index (Phi) is 5.36. The molecule has 1 fully saturated rings. The van der Waals surface area contributed by atoms with Crippen LogP contribution in [0.15, 0.2) is 45.6 Å². The highest BCUT2D eigenvalue weighted by molar-refractivity contribution is 5.88. The quantitative estimate of drug-likeness (QED) is 0.360. The van der Waals surface area contributed by atoms with Gasteiger partial charge < -0.3 is 39.8 Å². The Bertz CT molecular complexity index is 1170. The summed E-state index contributed by atoms with van der Waals surface area (Å²) in [6.45, 7) is 0.959. The molecule has 3 aromatic rings. The fraction of sp³-hybridized carbons (Fsp3) is 0.318. The minimum atomic E-state index is -1.35. The molecule has 0 radical (unpaired) electrons. The van der Waals surface area contributed by atoms with E-state index in [1.807, 2.05) is 0 Å². The number of hydrogen-bond donors (Lipinski definition) is 6. The van der Waals surface area contributed by atoms with E-state index in [1.54, 1.807) is 19.1 Å². The van der Waals surface area contributed by atoms with Gasteiger partial charge in [-0.1, -0.05) is 6.92 Å². The van der Waals surface area contributed by atoms with Crippen LogP contribution in [0.2, 0.25) is 0 Å². The van der Waals surface area contributed by atoms with Crippen LogP contribution in [-0.2, 0) is 4.74 Å². The standard InChI is InChI=1S/C22H22O9/c1-9-19(27)20(28)16(8-23)31-22(9)18-13(26)7-15-17(21(18)29)12(25)6-14(30-15)10-2-4-11(24)5-3-10/h2-7,9,16,19-20,22-24,26-29H,8H2,1H3. The molecule has 0 spiro atoms. The number of phenols is 3. The Labute approximate surface area is 176 Å². The number of aliphatic hydroxyl groups is 3. The number of rotatable bonds is 3. The fourth-order valence-electron chi connectivity index (χ4n) is 3.94. The van der Waals surface area contributed by atoms with E-state index < -0.39 is 53.9 Å². The summed E-state index contributed by atoms with van der Waals surface area (Å²) in [6.07, 6.45) is -4.88. The zero-order valence-electron chi connectivity index (χ0n) is 16.5. The van der Waals surface area contributed by atoms with E-state index >= 15 is 0 Å². The van der Waals surface area contributed by atoms with Crippen LogP contribution >= 0.6 is 0 Å². The van der Waals surface area contributed by atoms with Crippen LogP contribution < -0.4 is 5.43 Å². The second-order valence-corrected chi connectivity index (χ2v) is 7.67. The van der Waals surface area contributed by atoms with Crippen LogP contribution in [0.1, 0.15) is 18.6 Å². The average Bonchev–Trinajstić information content (AvgIpc) is 2.73. The van der Waals surface area contributed by atoms with Crippen LogP contribution in [0, 0.1) is 5.92 Å². The van der Waals surface area contributed by atoms with E-state index in [-0.39, 0.29) is 28.0 Å². The Balaban J connectivity index is 1.85. The highest BCUT2D eigenvalue weighted by Gasteiger charge is 2.44. The minimum Gasteiger partial charge on any atom is -0.508 e. The Morgan fingerprint density at radius 3 is 2.32 bits per heavy atom. The topological polar surface area (TPSA) is 161 Å². The van der Waals surface area contributed by atoms with Gasteiger partial charge in [-0.25, -0.2) is 0 Å². The molecule has 1 aliphatic rings. The third-order valence-corrected chi connectivity index (χ3v) is 5.70. The van der Waals surface area contributed by atoms with Gasteiger partial charge in [0.15, 0.2) is 5.43 Å². The van der Waals surface area contributed by atoms with E-state index in [9.17, 15) is 35.4 Å². The van der Waals surface area contributed by atoms with Crippen molar-refractivity contribution in [1.82, 2.24) is 0 Å². The molecule has 164 valence electrons. The number of aliphatic hydroxyl groups excluding tert-OH is 3. The molecule has 31 heavy (non-hydrogen) atoms. The molecule has 0 bridgehead atoms. The molecule has 0 aliphatic carbocycles. The first-order valence-corrected chi connectivity index (χ1v) is 9.67. The van der Waals surface area contributed by atoms with E-state index in [1.165, 1.54) is 18.2 Å². The normalized spacial score (nSPS) is 26.3. The van der Waals surface area contributed by atoms with Crippen LogP contribution in [0.5, 0.6) is 17.2 Å². The van der Waals surface area contributed by atoms with Crippen molar-refractivity contribution in [3.05, 3.63) is 52.2 Å². The molecule has 1 aromatic heterocycles. The van der Waals surface area contributed by atoms with Gasteiger partial charge in [0.1, 0.15) is 46.2 Å². The molecule has 5 atom stereocenters. The lowest BCUT2D eigenvalue weighted by Gasteiger charge is -2.41. The number of benzene rings is 2. The number of phenolic OH excluding ortho intramolecular Hbond substituents is 3. The molecular formula is C22H22O9. The number of ether oxygens (including phenoxy) is 1. The summed E-state index contributed by atoms with van der Waals surface area (Å²) in [6, 6.07) is 8.29. The van der Waals surface area contributed by atoms with Crippen molar-refractivity contribution >= 4 is 11.0 Å². The van der Waals surface area contributed by atoms with Crippen LogP contribution in [-0.4, -0.2) is 55.6 Å². The third kappa shape index (κ3) is 3.51. The minimum absolute atomic E-state index is 0.0434. The summed E-state index contributed by atoms with van der Waals surface area (Å²) in [4.78, 5) is 12.8. The Morgan fingerprint density at radius 1 is 1.00 bits per heavy atom. The molecule has 9 heteroatoms. The van der Waals surface area contributed by atoms with Gasteiger partial charge in [0.25, 0.3) is 0 Å². The lowest BCUT2D eigenvalue weighted by Crippen LogP contribution is -2.51. The van der Waals surface area contributed by atoms with Crippen molar-refractivity contribution in [3.63, 3.8) is 0 Å². The van der Waals surface area contributed by atoms with E-state index in [4.69, 9.17) is 9.15 Å². The fourth-order valence-corrected chi connectivity index (χ4v) is 3.94. The van der Waals surface area contributed by atoms with Gasteiger partial charge in [-0.2, -0.15) is 0 Å². The predicted molar refractivity (Wildman–Crippen MR) is 109 cm³/mol. The zero-order chi connectivity index (χ0) is 22.4.